The quantitative estimate of drug-likeness (QED) is 0.386. The van der Waals surface area contributed by atoms with E-state index in [1.165, 1.54) is 6.07 Å². The summed E-state index contributed by atoms with van der Waals surface area (Å²) in [6, 6.07) is 2.28. The van der Waals surface area contributed by atoms with Gasteiger partial charge in [-0.2, -0.15) is 4.73 Å². The highest BCUT2D eigenvalue weighted by Gasteiger charge is 2.07. The summed E-state index contributed by atoms with van der Waals surface area (Å²) >= 11 is 5.35. The van der Waals surface area contributed by atoms with E-state index in [0.717, 1.165) is 12.3 Å². The van der Waals surface area contributed by atoms with Gasteiger partial charge < -0.3 is 10.3 Å². The van der Waals surface area contributed by atoms with Gasteiger partial charge in [0.25, 0.3) is 5.15 Å². The molecule has 0 aromatic carbocycles. The van der Waals surface area contributed by atoms with E-state index < -0.39 is 5.97 Å². The van der Waals surface area contributed by atoms with E-state index in [4.69, 9.17) is 16.7 Å². The van der Waals surface area contributed by atoms with E-state index in [-0.39, 0.29) is 10.7 Å². The van der Waals surface area contributed by atoms with Gasteiger partial charge in [0, 0.05) is 12.1 Å². The lowest BCUT2D eigenvalue weighted by molar-refractivity contribution is -0.603. The maximum absolute atomic E-state index is 10.6. The van der Waals surface area contributed by atoms with Crippen molar-refractivity contribution in [3.05, 3.63) is 34.3 Å². The lowest BCUT2D eigenvalue weighted by Crippen LogP contribution is -2.26. The molecule has 1 N–H and O–H groups in total. The van der Waals surface area contributed by atoms with Gasteiger partial charge in [-0.1, -0.05) is 0 Å². The molecule has 0 atom stereocenters. The summed E-state index contributed by atoms with van der Waals surface area (Å²) in [5, 5.41) is 18.9. The maximum atomic E-state index is 10.6. The Morgan fingerprint density at radius 3 is 2.82 bits per heavy atom. The zero-order valence-electron chi connectivity index (χ0n) is 5.32. The number of carboxylic acids is 1. The Morgan fingerprint density at radius 2 is 2.36 bits per heavy atom. The second-order valence-corrected chi connectivity index (χ2v) is 2.26. The van der Waals surface area contributed by atoms with E-state index in [9.17, 15) is 10.0 Å². The first-order chi connectivity index (χ1) is 5.11. The molecule has 0 amide bonds. The average molecular weight is 174 g/mol. The Morgan fingerprint density at radius 1 is 1.73 bits per heavy atom. The van der Waals surface area contributed by atoms with Crippen LogP contribution in [0.5, 0.6) is 0 Å². The fourth-order valence-corrected chi connectivity index (χ4v) is 0.766. The van der Waals surface area contributed by atoms with Crippen LogP contribution in [0.2, 0.25) is 5.15 Å². The van der Waals surface area contributed by atoms with Crippen molar-refractivity contribution in [1.29, 1.82) is 0 Å². The predicted octanol–water partition coefficient (Wildman–Crippen LogP) is 0.672. The zero-order valence-corrected chi connectivity index (χ0v) is 6.08. The number of nitrogens with zero attached hydrogens (tertiary/aromatic N) is 1. The smallest absolute Gasteiger partial charge is 0.336 e. The van der Waals surface area contributed by atoms with Crippen LogP contribution in [0, 0.1) is 5.21 Å². The van der Waals surface area contributed by atoms with Crippen LogP contribution in [0.3, 0.4) is 0 Å². The first-order valence-electron chi connectivity index (χ1n) is 2.73. The average Bonchev–Trinajstić information content (AvgIpc) is 1.94. The Hall–Kier alpha value is -1.29. The highest BCUT2D eigenvalue weighted by atomic mass is 35.5. The molecule has 1 rings (SSSR count). The van der Waals surface area contributed by atoms with Gasteiger partial charge in [0.15, 0.2) is 6.20 Å². The molecule has 0 aliphatic rings. The molecule has 11 heavy (non-hydrogen) atoms. The van der Waals surface area contributed by atoms with E-state index in [1.807, 2.05) is 0 Å². The number of aromatic nitrogens is 1. The van der Waals surface area contributed by atoms with Crippen molar-refractivity contribution in [2.24, 2.45) is 0 Å². The predicted molar refractivity (Wildman–Crippen MR) is 37.4 cm³/mol. The molecule has 0 unspecified atom stereocenters. The lowest BCUT2D eigenvalue weighted by Gasteiger charge is -1.97. The van der Waals surface area contributed by atoms with E-state index in [0.29, 0.717) is 4.73 Å². The van der Waals surface area contributed by atoms with Crippen LogP contribution in [-0.2, 0) is 0 Å². The third-order valence-corrected chi connectivity index (χ3v) is 1.40. The van der Waals surface area contributed by atoms with Gasteiger partial charge in [-0.05, 0) is 11.6 Å². The van der Waals surface area contributed by atoms with Gasteiger partial charge in [-0.25, -0.2) is 4.79 Å². The molecule has 58 valence electrons. The molecular formula is C6H4ClNO3. The number of carbonyl (C=O) groups is 1. The third-order valence-electron chi connectivity index (χ3n) is 1.12. The standard InChI is InChI=1S/C6H4ClNO3/c7-5-3-4(6(9)10)1-2-8(5)11/h1-3H,(H,9,10). The number of halogens is 1. The number of carboxylic acid groups (broad SMARTS) is 1. The van der Waals surface area contributed by atoms with Crippen molar-refractivity contribution >= 4 is 17.6 Å². The van der Waals surface area contributed by atoms with Gasteiger partial charge in [0.05, 0.1) is 5.56 Å². The summed E-state index contributed by atoms with van der Waals surface area (Å²) in [5.74, 6) is -1.10. The van der Waals surface area contributed by atoms with Crippen LogP contribution in [0.1, 0.15) is 10.4 Å². The van der Waals surface area contributed by atoms with E-state index >= 15 is 0 Å². The second kappa shape index (κ2) is 2.75. The van der Waals surface area contributed by atoms with Crippen molar-refractivity contribution in [1.82, 2.24) is 0 Å². The summed E-state index contributed by atoms with van der Waals surface area (Å²) in [6.07, 6.45) is 1.05. The number of aromatic carboxylic acids is 1. The Labute approximate surface area is 67.2 Å². The second-order valence-electron chi connectivity index (χ2n) is 1.87. The van der Waals surface area contributed by atoms with Gasteiger partial charge in [0.2, 0.25) is 0 Å². The minimum atomic E-state index is -1.10. The van der Waals surface area contributed by atoms with Gasteiger partial charge in [-0.15, -0.1) is 0 Å². The molecule has 1 aromatic heterocycles. The molecule has 0 spiro atoms. The SMILES string of the molecule is O=C(O)c1cc[n+]([O-])c(Cl)c1. The third kappa shape index (κ3) is 1.59. The molecule has 5 heteroatoms. The topological polar surface area (TPSA) is 64.2 Å². The minimum Gasteiger partial charge on any atom is -0.618 e. The summed E-state index contributed by atoms with van der Waals surface area (Å²) in [7, 11) is 0. The molecule has 0 fully saturated rings. The van der Waals surface area contributed by atoms with Crippen molar-refractivity contribution < 1.29 is 14.6 Å². The largest absolute Gasteiger partial charge is 0.618 e. The molecule has 0 saturated carbocycles. The Kier molecular flexibility index (Phi) is 1.96. The summed E-state index contributed by atoms with van der Waals surface area (Å²) in [5.41, 5.74) is 0.00194. The lowest BCUT2D eigenvalue weighted by atomic mass is 10.3. The van der Waals surface area contributed by atoms with Gasteiger partial charge >= 0.3 is 5.97 Å². The summed E-state index contributed by atoms with van der Waals surface area (Å²) in [6.45, 7) is 0. The molecular weight excluding hydrogens is 170 g/mol. The van der Waals surface area contributed by atoms with Crippen molar-refractivity contribution in [3.8, 4) is 0 Å². The first-order valence-corrected chi connectivity index (χ1v) is 3.11. The maximum Gasteiger partial charge on any atom is 0.336 e. The van der Waals surface area contributed by atoms with Crippen LogP contribution < -0.4 is 4.73 Å². The Balaban J connectivity index is 3.15. The molecule has 0 bridgehead atoms. The summed E-state index contributed by atoms with van der Waals surface area (Å²) in [4.78, 5) is 10.3. The van der Waals surface area contributed by atoms with E-state index in [2.05, 4.69) is 0 Å². The number of pyridine rings is 1. The van der Waals surface area contributed by atoms with Gasteiger partial charge in [-0.3, -0.25) is 0 Å². The first kappa shape index (κ1) is 7.81. The molecule has 0 radical (unpaired) electrons. The molecule has 0 aliphatic heterocycles. The van der Waals surface area contributed by atoms with Crippen LogP contribution in [-0.4, -0.2) is 11.1 Å². The number of rotatable bonds is 1. The van der Waals surface area contributed by atoms with Crippen LogP contribution in [0.4, 0.5) is 0 Å². The zero-order chi connectivity index (χ0) is 8.43. The van der Waals surface area contributed by atoms with Crippen LogP contribution in [0.15, 0.2) is 18.3 Å². The van der Waals surface area contributed by atoms with Crippen LogP contribution >= 0.6 is 11.6 Å². The number of hydrogen-bond acceptors (Lipinski definition) is 2. The molecule has 4 nitrogen and oxygen atoms in total. The monoisotopic (exact) mass is 173 g/mol. The fourth-order valence-electron chi connectivity index (χ4n) is 0.592. The highest BCUT2D eigenvalue weighted by molar-refractivity contribution is 6.28. The van der Waals surface area contributed by atoms with Crippen LogP contribution in [0.25, 0.3) is 0 Å². The van der Waals surface area contributed by atoms with Gasteiger partial charge in [0.1, 0.15) is 0 Å². The molecule has 1 aromatic rings. The van der Waals surface area contributed by atoms with E-state index in [1.54, 1.807) is 0 Å². The molecule has 1 heterocycles. The number of hydrogen-bond donors (Lipinski definition) is 1. The summed E-state index contributed by atoms with van der Waals surface area (Å²) < 4.78 is 0.383. The normalized spacial score (nSPS) is 9.55. The molecule has 0 aliphatic carbocycles. The van der Waals surface area contributed by atoms with Crippen molar-refractivity contribution in [3.63, 3.8) is 0 Å². The van der Waals surface area contributed by atoms with Crippen molar-refractivity contribution in [2.75, 3.05) is 0 Å². The highest BCUT2D eigenvalue weighted by Crippen LogP contribution is 2.04. The minimum absolute atomic E-state index is 0.00194. The van der Waals surface area contributed by atoms with Crippen molar-refractivity contribution in [2.45, 2.75) is 0 Å². The fraction of sp³-hybridized carbons (Fsp3) is 0. The Bertz CT molecular complexity index is 300. The molecule has 0 saturated heterocycles.